The summed E-state index contributed by atoms with van der Waals surface area (Å²) >= 11 is 1.63. The maximum absolute atomic E-state index is 12.7. The Balaban J connectivity index is 1.86. The van der Waals surface area contributed by atoms with Crippen LogP contribution in [0.4, 0.5) is 4.79 Å². The van der Waals surface area contributed by atoms with Crippen LogP contribution in [0.1, 0.15) is 58.9 Å². The van der Waals surface area contributed by atoms with Crippen LogP contribution in [0.2, 0.25) is 0 Å². The molecule has 1 saturated carbocycles. The van der Waals surface area contributed by atoms with Crippen LogP contribution in [0.5, 0.6) is 0 Å². The van der Waals surface area contributed by atoms with Crippen molar-refractivity contribution in [3.05, 3.63) is 35.9 Å². The molecule has 2 N–H and O–H groups in total. The highest BCUT2D eigenvalue weighted by Gasteiger charge is 2.37. The predicted molar refractivity (Wildman–Crippen MR) is 111 cm³/mol. The van der Waals surface area contributed by atoms with Gasteiger partial charge >= 0.3 is 6.09 Å². The molecule has 1 aliphatic rings. The maximum atomic E-state index is 12.7. The number of amides is 2. The third-order valence-corrected chi connectivity index (χ3v) is 5.85. The first kappa shape index (κ1) is 21.6. The Kier molecular flexibility index (Phi) is 7.59. The van der Waals surface area contributed by atoms with Gasteiger partial charge in [0.15, 0.2) is 0 Å². The molecule has 27 heavy (non-hydrogen) atoms. The minimum atomic E-state index is -0.529. The molecule has 0 aliphatic heterocycles. The lowest BCUT2D eigenvalue weighted by molar-refractivity contribution is -0.122. The van der Waals surface area contributed by atoms with E-state index < -0.39 is 11.7 Å². The fourth-order valence-corrected chi connectivity index (χ4v) is 4.03. The second-order valence-corrected chi connectivity index (χ2v) is 9.60. The molecular formula is C21H32N2O3S. The van der Waals surface area contributed by atoms with Crippen molar-refractivity contribution in [2.75, 3.05) is 6.54 Å². The Morgan fingerprint density at radius 2 is 1.81 bits per heavy atom. The standard InChI is InChI=1S/C21H32N2O3S/c1-16(27-14-17-10-6-5-7-11-17)18(24)23-21(12-8-9-13-21)15-22-19(25)26-20(2,3)4/h5-7,10-11,16H,8-9,12-15H2,1-4H3,(H,22,25)(H,23,24). The summed E-state index contributed by atoms with van der Waals surface area (Å²) in [6.45, 7) is 7.86. The number of alkyl carbamates (subject to hydrolysis) is 1. The van der Waals surface area contributed by atoms with E-state index in [9.17, 15) is 9.59 Å². The quantitative estimate of drug-likeness (QED) is 0.727. The monoisotopic (exact) mass is 392 g/mol. The molecule has 6 heteroatoms. The van der Waals surface area contributed by atoms with Crippen molar-refractivity contribution >= 4 is 23.8 Å². The predicted octanol–water partition coefficient (Wildman–Crippen LogP) is 4.26. The second-order valence-electron chi connectivity index (χ2n) is 8.27. The molecule has 0 spiro atoms. The maximum Gasteiger partial charge on any atom is 0.407 e. The van der Waals surface area contributed by atoms with Gasteiger partial charge in [-0.2, -0.15) is 0 Å². The second kappa shape index (κ2) is 9.49. The number of thioether (sulfide) groups is 1. The summed E-state index contributed by atoms with van der Waals surface area (Å²) in [6, 6.07) is 10.2. The Hall–Kier alpha value is -1.69. The summed E-state index contributed by atoms with van der Waals surface area (Å²) in [7, 11) is 0. The molecule has 150 valence electrons. The van der Waals surface area contributed by atoms with Gasteiger partial charge in [-0.05, 0) is 46.1 Å². The van der Waals surface area contributed by atoms with E-state index >= 15 is 0 Å². The van der Waals surface area contributed by atoms with Gasteiger partial charge in [0.25, 0.3) is 0 Å². The summed E-state index contributed by atoms with van der Waals surface area (Å²) < 4.78 is 5.32. The number of carbonyl (C=O) groups is 2. The largest absolute Gasteiger partial charge is 0.444 e. The first-order valence-corrected chi connectivity index (χ1v) is 10.7. The highest BCUT2D eigenvalue weighted by Crippen LogP contribution is 2.30. The average Bonchev–Trinajstić information content (AvgIpc) is 3.06. The molecule has 0 radical (unpaired) electrons. The van der Waals surface area contributed by atoms with Crippen LogP contribution in [-0.2, 0) is 15.3 Å². The topological polar surface area (TPSA) is 67.4 Å². The zero-order chi connectivity index (χ0) is 19.9. The van der Waals surface area contributed by atoms with Crippen LogP contribution in [-0.4, -0.2) is 34.9 Å². The number of carbonyl (C=O) groups excluding carboxylic acids is 2. The normalized spacial score (nSPS) is 17.2. The number of nitrogens with one attached hydrogen (secondary N) is 2. The van der Waals surface area contributed by atoms with E-state index in [1.54, 1.807) is 11.8 Å². The lowest BCUT2D eigenvalue weighted by Crippen LogP contribution is -2.55. The fraction of sp³-hybridized carbons (Fsp3) is 0.619. The Morgan fingerprint density at radius 1 is 1.19 bits per heavy atom. The van der Waals surface area contributed by atoms with E-state index in [1.165, 1.54) is 5.56 Å². The van der Waals surface area contributed by atoms with Crippen LogP contribution in [0.15, 0.2) is 30.3 Å². The summed E-state index contributed by atoms with van der Waals surface area (Å²) in [5.74, 6) is 0.835. The molecule has 1 fully saturated rings. The van der Waals surface area contributed by atoms with Gasteiger partial charge in [0.2, 0.25) is 5.91 Å². The zero-order valence-corrected chi connectivity index (χ0v) is 17.7. The lowest BCUT2D eigenvalue weighted by Gasteiger charge is -2.32. The van der Waals surface area contributed by atoms with Gasteiger partial charge in [-0.25, -0.2) is 4.79 Å². The van der Waals surface area contributed by atoms with Crippen molar-refractivity contribution in [3.63, 3.8) is 0 Å². The Labute approximate surface area is 167 Å². The smallest absolute Gasteiger partial charge is 0.407 e. The van der Waals surface area contributed by atoms with Gasteiger partial charge in [-0.1, -0.05) is 43.2 Å². The minimum absolute atomic E-state index is 0.0313. The van der Waals surface area contributed by atoms with E-state index in [0.29, 0.717) is 6.54 Å². The van der Waals surface area contributed by atoms with Gasteiger partial charge in [0.1, 0.15) is 5.60 Å². The summed E-state index contributed by atoms with van der Waals surface area (Å²) in [4.78, 5) is 24.7. The van der Waals surface area contributed by atoms with Crippen LogP contribution in [0.25, 0.3) is 0 Å². The van der Waals surface area contributed by atoms with E-state index in [1.807, 2.05) is 45.9 Å². The molecule has 0 saturated heterocycles. The van der Waals surface area contributed by atoms with Crippen molar-refractivity contribution in [1.29, 1.82) is 0 Å². The number of benzene rings is 1. The van der Waals surface area contributed by atoms with Crippen molar-refractivity contribution in [2.24, 2.45) is 0 Å². The number of ether oxygens (including phenoxy) is 1. The zero-order valence-electron chi connectivity index (χ0n) is 16.8. The molecule has 1 aliphatic carbocycles. The Bertz CT molecular complexity index is 622. The molecule has 1 aromatic carbocycles. The molecule has 1 atom stereocenters. The molecule has 5 nitrogen and oxygen atoms in total. The van der Waals surface area contributed by atoms with E-state index in [-0.39, 0.29) is 16.7 Å². The van der Waals surface area contributed by atoms with E-state index in [0.717, 1.165) is 31.4 Å². The van der Waals surface area contributed by atoms with Crippen molar-refractivity contribution in [1.82, 2.24) is 10.6 Å². The summed E-state index contributed by atoms with van der Waals surface area (Å²) in [5, 5.41) is 5.91. The van der Waals surface area contributed by atoms with E-state index in [2.05, 4.69) is 22.8 Å². The van der Waals surface area contributed by atoms with Gasteiger partial charge < -0.3 is 15.4 Å². The first-order valence-electron chi connectivity index (χ1n) is 9.64. The highest BCUT2D eigenvalue weighted by atomic mass is 32.2. The minimum Gasteiger partial charge on any atom is -0.444 e. The summed E-state index contributed by atoms with van der Waals surface area (Å²) in [5.41, 5.74) is 0.318. The fourth-order valence-electron chi connectivity index (χ4n) is 3.19. The van der Waals surface area contributed by atoms with Crippen molar-refractivity contribution in [2.45, 2.75) is 75.5 Å². The SMILES string of the molecule is CC(SCc1ccccc1)C(=O)NC1(CNC(=O)OC(C)(C)C)CCCC1. The van der Waals surface area contributed by atoms with Gasteiger partial charge in [-0.15, -0.1) is 11.8 Å². The van der Waals surface area contributed by atoms with Gasteiger partial charge in [-0.3, -0.25) is 4.79 Å². The van der Waals surface area contributed by atoms with Crippen LogP contribution < -0.4 is 10.6 Å². The number of rotatable bonds is 7. The lowest BCUT2D eigenvalue weighted by atomic mass is 9.97. The Morgan fingerprint density at radius 3 is 2.41 bits per heavy atom. The molecule has 0 heterocycles. The molecule has 1 unspecified atom stereocenters. The van der Waals surface area contributed by atoms with Crippen molar-refractivity contribution < 1.29 is 14.3 Å². The number of hydrogen-bond acceptors (Lipinski definition) is 4. The molecule has 2 rings (SSSR count). The molecular weight excluding hydrogens is 360 g/mol. The van der Waals surface area contributed by atoms with Crippen molar-refractivity contribution in [3.8, 4) is 0 Å². The first-order chi connectivity index (χ1) is 12.7. The highest BCUT2D eigenvalue weighted by molar-refractivity contribution is 7.99. The van der Waals surface area contributed by atoms with Gasteiger partial charge in [0, 0.05) is 12.3 Å². The molecule has 0 bridgehead atoms. The van der Waals surface area contributed by atoms with Crippen LogP contribution >= 0.6 is 11.8 Å². The molecule has 0 aromatic heterocycles. The molecule has 1 aromatic rings. The molecule has 2 amide bonds. The van der Waals surface area contributed by atoms with Crippen LogP contribution in [0.3, 0.4) is 0 Å². The van der Waals surface area contributed by atoms with Gasteiger partial charge in [0.05, 0.1) is 10.8 Å². The third kappa shape index (κ3) is 7.45. The average molecular weight is 393 g/mol. The van der Waals surface area contributed by atoms with Crippen LogP contribution in [0, 0.1) is 0 Å². The third-order valence-electron chi connectivity index (χ3n) is 4.63. The summed E-state index contributed by atoms with van der Waals surface area (Å²) in [6.07, 6.45) is 3.44. The number of hydrogen-bond donors (Lipinski definition) is 2. The van der Waals surface area contributed by atoms with E-state index in [4.69, 9.17) is 4.74 Å².